The molecular formula is C17H40BrNO2Si. The van der Waals surface area contributed by atoms with Crippen LogP contribution in [0.3, 0.4) is 0 Å². The predicted molar refractivity (Wildman–Crippen MR) is 95.0 cm³/mol. The van der Waals surface area contributed by atoms with Gasteiger partial charge in [0.2, 0.25) is 0 Å². The van der Waals surface area contributed by atoms with E-state index in [4.69, 9.17) is 8.85 Å². The monoisotopic (exact) mass is 397 g/mol. The molecule has 0 heterocycles. The first-order valence-electron chi connectivity index (χ1n) is 9.15. The molecule has 5 heteroatoms. The topological polar surface area (TPSA) is 18.5 Å². The van der Waals surface area contributed by atoms with Crippen molar-refractivity contribution in [1.29, 1.82) is 0 Å². The zero-order chi connectivity index (χ0) is 16.1. The van der Waals surface area contributed by atoms with E-state index in [2.05, 4.69) is 41.7 Å². The number of halogens is 1. The summed E-state index contributed by atoms with van der Waals surface area (Å²) in [6, 6.07) is 1.96. The van der Waals surface area contributed by atoms with Crippen LogP contribution in [-0.4, -0.2) is 53.2 Å². The SMILES string of the molecule is CCC[N+](C)(CCC)C(CC)CCC[SiH](OCC)OCC.[Br-]. The molecule has 1 atom stereocenters. The van der Waals surface area contributed by atoms with Gasteiger partial charge in [-0.3, -0.25) is 0 Å². The molecule has 0 rings (SSSR count). The molecule has 0 spiro atoms. The fraction of sp³-hybridized carbons (Fsp3) is 1.00. The Morgan fingerprint density at radius 3 is 1.77 bits per heavy atom. The highest BCUT2D eigenvalue weighted by Crippen LogP contribution is 2.22. The third-order valence-corrected chi connectivity index (χ3v) is 6.79. The maximum absolute atomic E-state index is 5.79. The summed E-state index contributed by atoms with van der Waals surface area (Å²) in [5, 5.41) is 0. The molecule has 0 N–H and O–H groups in total. The van der Waals surface area contributed by atoms with E-state index in [0.717, 1.165) is 25.3 Å². The van der Waals surface area contributed by atoms with E-state index in [-0.39, 0.29) is 17.0 Å². The van der Waals surface area contributed by atoms with Crippen LogP contribution in [-0.2, 0) is 8.85 Å². The first kappa shape index (κ1) is 24.8. The van der Waals surface area contributed by atoms with Gasteiger partial charge in [0.1, 0.15) is 0 Å². The lowest BCUT2D eigenvalue weighted by molar-refractivity contribution is -0.934. The van der Waals surface area contributed by atoms with Gasteiger partial charge in [0, 0.05) is 13.2 Å². The average Bonchev–Trinajstić information content (AvgIpc) is 2.44. The molecule has 0 amide bonds. The van der Waals surface area contributed by atoms with Crippen LogP contribution in [0.2, 0.25) is 6.04 Å². The summed E-state index contributed by atoms with van der Waals surface area (Å²) in [4.78, 5) is 0. The van der Waals surface area contributed by atoms with Gasteiger partial charge < -0.3 is 30.3 Å². The van der Waals surface area contributed by atoms with Crippen molar-refractivity contribution in [2.24, 2.45) is 0 Å². The standard InChI is InChI=1S/C17H40NO2Si.BrH/c1-7-14-18(6,15-8-2)17(9-3)13-12-16-21(19-10-4)20-11-5;/h17,21H,7-16H2,1-6H3;1H/q+1;/p-1. The first-order chi connectivity index (χ1) is 10.1. The van der Waals surface area contributed by atoms with Crippen LogP contribution in [0.25, 0.3) is 0 Å². The fourth-order valence-electron chi connectivity index (χ4n) is 3.56. The van der Waals surface area contributed by atoms with Crippen LogP contribution in [0.5, 0.6) is 0 Å². The minimum absolute atomic E-state index is 0. The molecule has 0 aromatic carbocycles. The van der Waals surface area contributed by atoms with Crippen molar-refractivity contribution in [1.82, 2.24) is 0 Å². The quantitative estimate of drug-likeness (QED) is 0.322. The predicted octanol–water partition coefficient (Wildman–Crippen LogP) is 1.11. The number of quaternary nitrogens is 1. The number of hydrogen-bond acceptors (Lipinski definition) is 2. The third-order valence-electron chi connectivity index (χ3n) is 4.50. The summed E-state index contributed by atoms with van der Waals surface area (Å²) < 4.78 is 12.8. The second-order valence-electron chi connectivity index (χ2n) is 6.26. The molecule has 0 aromatic rings. The van der Waals surface area contributed by atoms with Gasteiger partial charge >= 0.3 is 9.28 Å². The van der Waals surface area contributed by atoms with E-state index < -0.39 is 9.28 Å². The van der Waals surface area contributed by atoms with E-state index in [0.29, 0.717) is 0 Å². The molecule has 0 fully saturated rings. The molecule has 0 radical (unpaired) electrons. The highest BCUT2D eigenvalue weighted by atomic mass is 79.9. The molecule has 0 saturated carbocycles. The molecule has 3 nitrogen and oxygen atoms in total. The van der Waals surface area contributed by atoms with E-state index >= 15 is 0 Å². The molecule has 1 unspecified atom stereocenters. The van der Waals surface area contributed by atoms with Crippen molar-refractivity contribution >= 4 is 9.28 Å². The fourth-order valence-corrected chi connectivity index (χ4v) is 5.30. The minimum Gasteiger partial charge on any atom is -1.00 e. The molecule has 0 aliphatic carbocycles. The van der Waals surface area contributed by atoms with Crippen molar-refractivity contribution in [2.75, 3.05) is 33.4 Å². The lowest BCUT2D eigenvalue weighted by atomic mass is 10.0. The third kappa shape index (κ3) is 9.66. The Kier molecular flexibility index (Phi) is 17.1. The highest BCUT2D eigenvalue weighted by Gasteiger charge is 2.29. The van der Waals surface area contributed by atoms with E-state index in [1.165, 1.54) is 49.7 Å². The van der Waals surface area contributed by atoms with Gasteiger partial charge in [0.05, 0.1) is 26.2 Å². The van der Waals surface area contributed by atoms with Crippen LogP contribution in [0, 0.1) is 0 Å². The lowest BCUT2D eigenvalue weighted by Gasteiger charge is -2.41. The molecule has 0 bridgehead atoms. The molecule has 136 valence electrons. The molecule has 0 aromatic heterocycles. The van der Waals surface area contributed by atoms with Gasteiger partial charge in [-0.15, -0.1) is 0 Å². The Balaban J connectivity index is 0. The number of nitrogens with zero attached hydrogens (tertiary/aromatic N) is 1. The summed E-state index contributed by atoms with van der Waals surface area (Å²) >= 11 is 0. The van der Waals surface area contributed by atoms with Gasteiger partial charge in [-0.1, -0.05) is 20.8 Å². The zero-order valence-corrected chi connectivity index (χ0v) is 18.6. The van der Waals surface area contributed by atoms with Gasteiger partial charge in [-0.05, 0) is 52.0 Å². The molecule has 0 aliphatic rings. The van der Waals surface area contributed by atoms with Gasteiger partial charge in [-0.25, -0.2) is 0 Å². The summed E-state index contributed by atoms with van der Waals surface area (Å²) in [5.74, 6) is 0. The van der Waals surface area contributed by atoms with Crippen molar-refractivity contribution in [3.05, 3.63) is 0 Å². The Hall–Kier alpha value is 0.577. The smallest absolute Gasteiger partial charge is 0.321 e. The van der Waals surface area contributed by atoms with Crippen LogP contribution < -0.4 is 17.0 Å². The van der Waals surface area contributed by atoms with Crippen LogP contribution in [0.4, 0.5) is 0 Å². The Bertz CT molecular complexity index is 233. The lowest BCUT2D eigenvalue weighted by Crippen LogP contribution is -3.00. The van der Waals surface area contributed by atoms with Crippen molar-refractivity contribution < 1.29 is 30.3 Å². The largest absolute Gasteiger partial charge is 1.00 e. The van der Waals surface area contributed by atoms with Crippen molar-refractivity contribution in [3.8, 4) is 0 Å². The Labute approximate surface area is 152 Å². The number of rotatable bonds is 14. The average molecular weight is 399 g/mol. The van der Waals surface area contributed by atoms with Crippen LogP contribution in [0.15, 0.2) is 0 Å². The molecular weight excluding hydrogens is 358 g/mol. The van der Waals surface area contributed by atoms with Gasteiger partial charge in [0.15, 0.2) is 0 Å². The maximum atomic E-state index is 5.79. The van der Waals surface area contributed by atoms with Gasteiger partial charge in [0.25, 0.3) is 0 Å². The summed E-state index contributed by atoms with van der Waals surface area (Å²) in [6.07, 6.45) is 6.42. The maximum Gasteiger partial charge on any atom is 0.321 e. The zero-order valence-electron chi connectivity index (χ0n) is 15.9. The van der Waals surface area contributed by atoms with E-state index in [1.807, 2.05) is 0 Å². The molecule has 0 aliphatic heterocycles. The van der Waals surface area contributed by atoms with Crippen molar-refractivity contribution in [2.45, 2.75) is 78.8 Å². The Morgan fingerprint density at radius 2 is 1.41 bits per heavy atom. The van der Waals surface area contributed by atoms with E-state index in [9.17, 15) is 0 Å². The van der Waals surface area contributed by atoms with Crippen molar-refractivity contribution in [3.63, 3.8) is 0 Å². The molecule has 22 heavy (non-hydrogen) atoms. The second kappa shape index (κ2) is 15.1. The normalized spacial score (nSPS) is 13.2. The minimum atomic E-state index is -1.40. The summed E-state index contributed by atoms with van der Waals surface area (Å²) in [7, 11) is 1.06. The summed E-state index contributed by atoms with van der Waals surface area (Å²) in [5.41, 5.74) is 0. The highest BCUT2D eigenvalue weighted by molar-refractivity contribution is 6.44. The number of hydrogen-bond donors (Lipinski definition) is 0. The second-order valence-corrected chi connectivity index (χ2v) is 8.36. The summed E-state index contributed by atoms with van der Waals surface area (Å²) in [6.45, 7) is 15.3. The first-order valence-corrected chi connectivity index (χ1v) is 10.9. The van der Waals surface area contributed by atoms with E-state index in [1.54, 1.807) is 0 Å². The molecule has 0 saturated heterocycles. The van der Waals surface area contributed by atoms with Crippen LogP contribution >= 0.6 is 0 Å². The Morgan fingerprint density at radius 1 is 0.909 bits per heavy atom. The van der Waals surface area contributed by atoms with Crippen LogP contribution in [0.1, 0.15) is 66.7 Å². The van der Waals surface area contributed by atoms with Gasteiger partial charge in [-0.2, -0.15) is 0 Å².